The van der Waals surface area contributed by atoms with E-state index in [2.05, 4.69) is 0 Å². The smallest absolute Gasteiger partial charge is 0.123 e. The molecule has 0 amide bonds. The Morgan fingerprint density at radius 1 is 1.47 bits per heavy atom. The summed E-state index contributed by atoms with van der Waals surface area (Å²) in [7, 11) is 1.67. The molecule has 1 unspecified atom stereocenters. The largest absolute Gasteiger partial charge is 0.385 e. The average molecular weight is 211 g/mol. The summed E-state index contributed by atoms with van der Waals surface area (Å²) in [5, 5.41) is 0. The number of aryl methyl sites for hydroxylation is 1. The molecule has 15 heavy (non-hydrogen) atoms. The molecule has 0 saturated carbocycles. The second kappa shape index (κ2) is 5.83. The van der Waals surface area contributed by atoms with Gasteiger partial charge in [-0.3, -0.25) is 0 Å². The highest BCUT2D eigenvalue weighted by Crippen LogP contribution is 2.20. The van der Waals surface area contributed by atoms with E-state index in [4.69, 9.17) is 10.5 Å². The molecule has 0 bridgehead atoms. The molecule has 0 heterocycles. The molecule has 2 N–H and O–H groups in total. The van der Waals surface area contributed by atoms with E-state index in [-0.39, 0.29) is 11.9 Å². The second-order valence-corrected chi connectivity index (χ2v) is 3.74. The van der Waals surface area contributed by atoms with Crippen molar-refractivity contribution in [2.45, 2.75) is 25.8 Å². The van der Waals surface area contributed by atoms with Crippen LogP contribution in [0.4, 0.5) is 4.39 Å². The molecule has 0 spiro atoms. The predicted molar refractivity (Wildman–Crippen MR) is 59.2 cm³/mol. The number of halogens is 1. The molecule has 0 aliphatic rings. The summed E-state index contributed by atoms with van der Waals surface area (Å²) in [4.78, 5) is 0. The summed E-state index contributed by atoms with van der Waals surface area (Å²) in [5.74, 6) is -0.224. The van der Waals surface area contributed by atoms with E-state index in [1.165, 1.54) is 12.1 Å². The lowest BCUT2D eigenvalue weighted by Gasteiger charge is -2.14. The summed E-state index contributed by atoms with van der Waals surface area (Å²) >= 11 is 0. The van der Waals surface area contributed by atoms with Gasteiger partial charge < -0.3 is 10.5 Å². The Hall–Kier alpha value is -0.930. The summed E-state index contributed by atoms with van der Waals surface area (Å²) in [6.07, 6.45) is 1.71. The Bertz CT molecular complexity index is 314. The van der Waals surface area contributed by atoms with Gasteiger partial charge in [0, 0.05) is 19.8 Å². The van der Waals surface area contributed by atoms with Crippen molar-refractivity contribution < 1.29 is 9.13 Å². The molecule has 1 aromatic rings. The summed E-state index contributed by atoms with van der Waals surface area (Å²) in [6, 6.07) is 4.64. The fourth-order valence-corrected chi connectivity index (χ4v) is 1.61. The van der Waals surface area contributed by atoms with E-state index < -0.39 is 0 Å². The number of hydrogen-bond donors (Lipinski definition) is 1. The van der Waals surface area contributed by atoms with Crippen LogP contribution in [-0.2, 0) is 4.74 Å². The third-order valence-corrected chi connectivity index (χ3v) is 2.50. The molecule has 2 nitrogen and oxygen atoms in total. The number of nitrogens with two attached hydrogens (primary N) is 1. The van der Waals surface area contributed by atoms with Crippen molar-refractivity contribution >= 4 is 0 Å². The lowest BCUT2D eigenvalue weighted by Crippen LogP contribution is -2.12. The first-order valence-electron chi connectivity index (χ1n) is 5.15. The van der Waals surface area contributed by atoms with Crippen LogP contribution in [0.2, 0.25) is 0 Å². The van der Waals surface area contributed by atoms with Gasteiger partial charge in [0.1, 0.15) is 5.82 Å². The zero-order chi connectivity index (χ0) is 11.3. The summed E-state index contributed by atoms with van der Waals surface area (Å²) in [6.45, 7) is 2.65. The predicted octanol–water partition coefficient (Wildman–Crippen LogP) is 2.56. The molecule has 1 atom stereocenters. The first-order valence-corrected chi connectivity index (χ1v) is 5.15. The van der Waals surface area contributed by atoms with Crippen LogP contribution < -0.4 is 5.73 Å². The highest BCUT2D eigenvalue weighted by Gasteiger charge is 2.09. The molecule has 0 fully saturated rings. The lowest BCUT2D eigenvalue weighted by molar-refractivity contribution is 0.190. The maximum atomic E-state index is 13.0. The number of methoxy groups -OCH3 is 1. The number of hydrogen-bond acceptors (Lipinski definition) is 2. The van der Waals surface area contributed by atoms with Crippen molar-refractivity contribution in [2.75, 3.05) is 13.7 Å². The average Bonchev–Trinajstić information content (AvgIpc) is 2.22. The van der Waals surface area contributed by atoms with Crippen LogP contribution in [0.25, 0.3) is 0 Å². The van der Waals surface area contributed by atoms with Crippen molar-refractivity contribution in [3.63, 3.8) is 0 Å². The highest BCUT2D eigenvalue weighted by atomic mass is 19.1. The molecular formula is C12H18FNO. The van der Waals surface area contributed by atoms with E-state index in [0.717, 1.165) is 24.0 Å². The third kappa shape index (κ3) is 3.61. The van der Waals surface area contributed by atoms with Gasteiger partial charge in [-0.2, -0.15) is 0 Å². The molecular weight excluding hydrogens is 193 g/mol. The van der Waals surface area contributed by atoms with Crippen molar-refractivity contribution in [1.82, 2.24) is 0 Å². The number of ether oxygens (including phenoxy) is 1. The molecule has 0 aliphatic carbocycles. The van der Waals surface area contributed by atoms with E-state index in [1.807, 2.05) is 6.92 Å². The Balaban J connectivity index is 2.64. The minimum absolute atomic E-state index is 0.101. The van der Waals surface area contributed by atoms with Crippen LogP contribution in [-0.4, -0.2) is 13.7 Å². The topological polar surface area (TPSA) is 35.2 Å². The van der Waals surface area contributed by atoms with Gasteiger partial charge >= 0.3 is 0 Å². The van der Waals surface area contributed by atoms with Crippen LogP contribution in [0.15, 0.2) is 18.2 Å². The monoisotopic (exact) mass is 211 g/mol. The zero-order valence-corrected chi connectivity index (χ0v) is 9.29. The van der Waals surface area contributed by atoms with E-state index in [1.54, 1.807) is 13.2 Å². The maximum Gasteiger partial charge on any atom is 0.123 e. The van der Waals surface area contributed by atoms with Crippen LogP contribution >= 0.6 is 0 Å². The quantitative estimate of drug-likeness (QED) is 0.760. The molecule has 0 aliphatic heterocycles. The number of benzene rings is 1. The number of rotatable bonds is 5. The van der Waals surface area contributed by atoms with Gasteiger partial charge in [0.2, 0.25) is 0 Å². The van der Waals surface area contributed by atoms with Crippen molar-refractivity contribution in [3.05, 3.63) is 35.1 Å². The molecule has 1 aromatic carbocycles. The van der Waals surface area contributed by atoms with E-state index in [9.17, 15) is 4.39 Å². The van der Waals surface area contributed by atoms with Gasteiger partial charge in [-0.1, -0.05) is 6.07 Å². The van der Waals surface area contributed by atoms with Crippen molar-refractivity contribution in [2.24, 2.45) is 5.73 Å². The van der Waals surface area contributed by atoms with Gasteiger partial charge in [0.05, 0.1) is 0 Å². The van der Waals surface area contributed by atoms with Crippen LogP contribution in [0.3, 0.4) is 0 Å². The second-order valence-electron chi connectivity index (χ2n) is 3.74. The Morgan fingerprint density at radius 3 is 2.87 bits per heavy atom. The fourth-order valence-electron chi connectivity index (χ4n) is 1.61. The Kier molecular flexibility index (Phi) is 4.72. The Morgan fingerprint density at radius 2 is 2.20 bits per heavy atom. The van der Waals surface area contributed by atoms with Gasteiger partial charge in [-0.15, -0.1) is 0 Å². The molecule has 0 saturated heterocycles. The molecule has 3 heteroatoms. The van der Waals surface area contributed by atoms with Crippen LogP contribution in [0, 0.1) is 12.7 Å². The molecule has 84 valence electrons. The van der Waals surface area contributed by atoms with Crippen LogP contribution in [0.5, 0.6) is 0 Å². The maximum absolute atomic E-state index is 13.0. The van der Waals surface area contributed by atoms with Gasteiger partial charge in [-0.05, 0) is 43.0 Å². The lowest BCUT2D eigenvalue weighted by atomic mass is 9.98. The fraction of sp³-hybridized carbons (Fsp3) is 0.500. The van der Waals surface area contributed by atoms with Crippen LogP contribution in [0.1, 0.15) is 30.0 Å². The van der Waals surface area contributed by atoms with Gasteiger partial charge in [0.15, 0.2) is 0 Å². The first-order chi connectivity index (χ1) is 7.15. The molecule has 1 rings (SSSR count). The van der Waals surface area contributed by atoms with E-state index in [0.29, 0.717) is 6.61 Å². The minimum Gasteiger partial charge on any atom is -0.385 e. The van der Waals surface area contributed by atoms with Crippen molar-refractivity contribution in [3.8, 4) is 0 Å². The van der Waals surface area contributed by atoms with Gasteiger partial charge in [-0.25, -0.2) is 4.39 Å². The Labute approximate surface area is 90.2 Å². The highest BCUT2D eigenvalue weighted by molar-refractivity contribution is 5.29. The SMILES string of the molecule is COCCCC(N)c1cc(F)ccc1C. The standard InChI is InChI=1S/C12H18FNO/c1-9-5-6-10(13)8-11(9)12(14)4-3-7-15-2/h5-6,8,12H,3-4,7,14H2,1-2H3. The summed E-state index contributed by atoms with van der Waals surface area (Å²) in [5.41, 5.74) is 7.92. The molecule has 0 radical (unpaired) electrons. The van der Waals surface area contributed by atoms with Crippen molar-refractivity contribution in [1.29, 1.82) is 0 Å². The normalized spacial score (nSPS) is 12.8. The summed E-state index contributed by atoms with van der Waals surface area (Å²) < 4.78 is 18.0. The van der Waals surface area contributed by atoms with E-state index >= 15 is 0 Å². The van der Waals surface area contributed by atoms with Gasteiger partial charge in [0.25, 0.3) is 0 Å². The minimum atomic E-state index is -0.224. The third-order valence-electron chi connectivity index (χ3n) is 2.50. The molecule has 0 aromatic heterocycles. The zero-order valence-electron chi connectivity index (χ0n) is 9.29. The first kappa shape index (κ1) is 12.1.